The number of hydrogen-bond donors (Lipinski definition) is 1. The monoisotopic (exact) mass is 286 g/mol. The maximum Gasteiger partial charge on any atom is 0.240 e. The van der Waals surface area contributed by atoms with Gasteiger partial charge in [0.05, 0.1) is 6.54 Å². The average molecular weight is 286 g/mol. The molecule has 0 bridgehead atoms. The first kappa shape index (κ1) is 14.2. The summed E-state index contributed by atoms with van der Waals surface area (Å²) in [5.41, 5.74) is 7.80. The lowest BCUT2D eigenvalue weighted by Crippen LogP contribution is -2.31. The molecule has 2 N–H and O–H groups in total. The van der Waals surface area contributed by atoms with Crippen LogP contribution in [-0.4, -0.2) is 34.7 Å². The Balaban J connectivity index is 1.58. The van der Waals surface area contributed by atoms with Crippen molar-refractivity contribution in [3.8, 4) is 11.4 Å². The molecule has 2 aromatic rings. The van der Waals surface area contributed by atoms with Gasteiger partial charge in [-0.3, -0.25) is 0 Å². The lowest BCUT2D eigenvalue weighted by molar-refractivity contribution is 0.231. The van der Waals surface area contributed by atoms with Crippen LogP contribution < -0.4 is 5.73 Å². The van der Waals surface area contributed by atoms with E-state index in [2.05, 4.69) is 39.3 Å². The van der Waals surface area contributed by atoms with Gasteiger partial charge in [0, 0.05) is 12.1 Å². The molecule has 1 aliphatic heterocycles. The van der Waals surface area contributed by atoms with E-state index in [0.717, 1.165) is 18.5 Å². The quantitative estimate of drug-likeness (QED) is 0.912. The molecule has 112 valence electrons. The fourth-order valence-electron chi connectivity index (χ4n) is 2.75. The van der Waals surface area contributed by atoms with Gasteiger partial charge in [0.15, 0.2) is 0 Å². The number of aromatic nitrogens is 2. The van der Waals surface area contributed by atoms with Gasteiger partial charge in [-0.05, 0) is 37.9 Å². The second kappa shape index (κ2) is 6.83. The van der Waals surface area contributed by atoms with Crippen LogP contribution in [0.3, 0.4) is 0 Å². The molecule has 1 aromatic heterocycles. The van der Waals surface area contributed by atoms with Crippen LogP contribution in [0.2, 0.25) is 0 Å². The fraction of sp³-hybridized carbons (Fsp3) is 0.500. The van der Waals surface area contributed by atoms with Crippen molar-refractivity contribution >= 4 is 0 Å². The van der Waals surface area contributed by atoms with Crippen molar-refractivity contribution in [2.75, 3.05) is 19.6 Å². The van der Waals surface area contributed by atoms with Gasteiger partial charge in [-0.15, -0.1) is 0 Å². The van der Waals surface area contributed by atoms with E-state index >= 15 is 0 Å². The van der Waals surface area contributed by atoms with Crippen LogP contribution in [0, 0.1) is 0 Å². The van der Waals surface area contributed by atoms with Crippen LogP contribution in [0.4, 0.5) is 0 Å². The minimum absolute atomic E-state index is 0.279. The van der Waals surface area contributed by atoms with Gasteiger partial charge in [-0.25, -0.2) is 0 Å². The van der Waals surface area contributed by atoms with Gasteiger partial charge in [0.25, 0.3) is 0 Å². The van der Waals surface area contributed by atoms with Crippen molar-refractivity contribution in [2.24, 2.45) is 5.73 Å². The molecule has 0 unspecified atom stereocenters. The molecule has 1 saturated heterocycles. The molecule has 0 aliphatic carbocycles. The van der Waals surface area contributed by atoms with E-state index in [-0.39, 0.29) is 6.54 Å². The van der Waals surface area contributed by atoms with Crippen molar-refractivity contribution in [3.63, 3.8) is 0 Å². The largest absolute Gasteiger partial charge is 0.338 e. The van der Waals surface area contributed by atoms with Crippen molar-refractivity contribution in [1.29, 1.82) is 0 Å². The zero-order valence-corrected chi connectivity index (χ0v) is 12.3. The number of hydrogen-bond acceptors (Lipinski definition) is 5. The highest BCUT2D eigenvalue weighted by Gasteiger charge is 2.10. The smallest absolute Gasteiger partial charge is 0.240 e. The normalized spacial score (nSPS) is 16.2. The maximum atomic E-state index is 5.47. The average Bonchev–Trinajstić information content (AvgIpc) is 3.03. The second-order valence-corrected chi connectivity index (χ2v) is 5.57. The van der Waals surface area contributed by atoms with Crippen molar-refractivity contribution < 1.29 is 4.52 Å². The Morgan fingerprint density at radius 3 is 2.52 bits per heavy atom. The first-order chi connectivity index (χ1) is 10.3. The third-order valence-corrected chi connectivity index (χ3v) is 4.02. The van der Waals surface area contributed by atoms with Gasteiger partial charge >= 0.3 is 0 Å². The Labute approximate surface area is 125 Å². The van der Waals surface area contributed by atoms with Crippen molar-refractivity contribution in [2.45, 2.75) is 32.2 Å². The standard InChI is InChI=1S/C16H22N4O/c17-12-15-18-16(19-21-15)14-6-4-13(5-7-14)8-11-20-9-2-1-3-10-20/h4-7H,1-3,8-12,17H2. The topological polar surface area (TPSA) is 68.2 Å². The molecule has 2 heterocycles. The van der Waals surface area contributed by atoms with E-state index < -0.39 is 0 Å². The van der Waals surface area contributed by atoms with E-state index in [9.17, 15) is 0 Å². The molecule has 1 fully saturated rings. The zero-order chi connectivity index (χ0) is 14.5. The molecule has 0 radical (unpaired) electrons. The Bertz CT molecular complexity index is 558. The molecule has 3 rings (SSSR count). The van der Waals surface area contributed by atoms with Crippen LogP contribution in [0.25, 0.3) is 11.4 Å². The van der Waals surface area contributed by atoms with Crippen molar-refractivity contribution in [3.05, 3.63) is 35.7 Å². The van der Waals surface area contributed by atoms with Gasteiger partial charge < -0.3 is 15.2 Å². The zero-order valence-electron chi connectivity index (χ0n) is 12.3. The van der Waals surface area contributed by atoms with E-state index in [1.165, 1.54) is 37.9 Å². The van der Waals surface area contributed by atoms with Crippen molar-refractivity contribution in [1.82, 2.24) is 15.0 Å². The third-order valence-electron chi connectivity index (χ3n) is 4.02. The van der Waals surface area contributed by atoms with Crippen LogP contribution in [-0.2, 0) is 13.0 Å². The molecule has 21 heavy (non-hydrogen) atoms. The molecular formula is C16H22N4O. The lowest BCUT2D eigenvalue weighted by atomic mass is 10.1. The number of likely N-dealkylation sites (tertiary alicyclic amines) is 1. The number of nitrogens with two attached hydrogens (primary N) is 1. The molecule has 5 nitrogen and oxygen atoms in total. The summed E-state index contributed by atoms with van der Waals surface area (Å²) in [6.45, 7) is 3.94. The molecule has 0 amide bonds. The Kier molecular flexibility index (Phi) is 4.62. The Hall–Kier alpha value is -1.72. The van der Waals surface area contributed by atoms with Crippen LogP contribution >= 0.6 is 0 Å². The molecule has 5 heteroatoms. The highest BCUT2D eigenvalue weighted by atomic mass is 16.5. The van der Waals surface area contributed by atoms with E-state index in [1.807, 2.05) is 0 Å². The van der Waals surface area contributed by atoms with Gasteiger partial charge in [0.1, 0.15) is 0 Å². The summed E-state index contributed by atoms with van der Waals surface area (Å²) >= 11 is 0. The van der Waals surface area contributed by atoms with Crippen LogP contribution in [0.15, 0.2) is 28.8 Å². The summed E-state index contributed by atoms with van der Waals surface area (Å²) in [5, 5.41) is 3.93. The summed E-state index contributed by atoms with van der Waals surface area (Å²) in [6.07, 6.45) is 5.18. The lowest BCUT2D eigenvalue weighted by Gasteiger charge is -2.26. The number of benzene rings is 1. The predicted molar refractivity (Wildman–Crippen MR) is 81.6 cm³/mol. The van der Waals surface area contributed by atoms with Gasteiger partial charge in [0.2, 0.25) is 11.7 Å². The summed E-state index contributed by atoms with van der Waals surface area (Å²) in [4.78, 5) is 6.80. The van der Waals surface area contributed by atoms with E-state index in [1.54, 1.807) is 0 Å². The highest BCUT2D eigenvalue weighted by molar-refractivity contribution is 5.54. The number of piperidine rings is 1. The molecule has 0 spiro atoms. The van der Waals surface area contributed by atoms with Gasteiger partial charge in [-0.2, -0.15) is 4.98 Å². The summed E-state index contributed by atoms with van der Waals surface area (Å²) < 4.78 is 5.03. The number of nitrogens with zero attached hydrogens (tertiary/aromatic N) is 3. The third kappa shape index (κ3) is 3.68. The number of rotatable bonds is 5. The molecule has 1 aliphatic rings. The molecule has 1 aromatic carbocycles. The summed E-state index contributed by atoms with van der Waals surface area (Å²) in [5.74, 6) is 1.08. The Morgan fingerprint density at radius 2 is 1.86 bits per heavy atom. The Morgan fingerprint density at radius 1 is 1.10 bits per heavy atom. The first-order valence-electron chi connectivity index (χ1n) is 7.69. The minimum Gasteiger partial charge on any atom is -0.338 e. The minimum atomic E-state index is 0.279. The molecule has 0 atom stereocenters. The molecule has 0 saturated carbocycles. The van der Waals surface area contributed by atoms with Crippen LogP contribution in [0.1, 0.15) is 30.7 Å². The highest BCUT2D eigenvalue weighted by Crippen LogP contribution is 2.17. The maximum absolute atomic E-state index is 5.47. The fourth-order valence-corrected chi connectivity index (χ4v) is 2.75. The SMILES string of the molecule is NCc1nc(-c2ccc(CCN3CCCCC3)cc2)no1. The summed E-state index contributed by atoms with van der Waals surface area (Å²) in [7, 11) is 0. The van der Waals surface area contributed by atoms with E-state index in [4.69, 9.17) is 10.3 Å². The van der Waals surface area contributed by atoms with Gasteiger partial charge in [-0.1, -0.05) is 35.8 Å². The summed E-state index contributed by atoms with van der Waals surface area (Å²) in [6, 6.07) is 8.41. The van der Waals surface area contributed by atoms with E-state index in [0.29, 0.717) is 11.7 Å². The molecular weight excluding hydrogens is 264 g/mol. The first-order valence-corrected chi connectivity index (χ1v) is 7.69. The second-order valence-electron chi connectivity index (χ2n) is 5.57. The van der Waals surface area contributed by atoms with Crippen LogP contribution in [0.5, 0.6) is 0 Å². The predicted octanol–water partition coefficient (Wildman–Crippen LogP) is 2.22.